The van der Waals surface area contributed by atoms with Gasteiger partial charge < -0.3 is 4.74 Å². The fourth-order valence-electron chi connectivity index (χ4n) is 3.66. The molecule has 0 N–H and O–H groups in total. The Kier molecular flexibility index (Phi) is 7.87. The number of carbonyl (C=O) groups excluding carboxylic acids is 1. The molecule has 0 aliphatic heterocycles. The van der Waals surface area contributed by atoms with Crippen LogP contribution in [0.5, 0.6) is 0 Å². The van der Waals surface area contributed by atoms with Crippen molar-refractivity contribution >= 4 is 5.97 Å². The van der Waals surface area contributed by atoms with Crippen molar-refractivity contribution in [2.45, 2.75) is 68.7 Å². The van der Waals surface area contributed by atoms with Crippen LogP contribution in [0.15, 0.2) is 0 Å². The zero-order valence-corrected chi connectivity index (χ0v) is 10.1. The third kappa shape index (κ3) is 3.49. The zero-order chi connectivity index (χ0) is 11.1. The highest BCUT2D eigenvalue weighted by Crippen LogP contribution is 2.61. The molecule has 0 aromatic heterocycles. The van der Waals surface area contributed by atoms with Crippen molar-refractivity contribution in [1.29, 1.82) is 0 Å². The summed E-state index contributed by atoms with van der Waals surface area (Å²) in [6.45, 7) is 6.93. The number of hydrogen-bond acceptors (Lipinski definition) is 2. The van der Waals surface area contributed by atoms with Crippen LogP contribution in [0.2, 0.25) is 0 Å². The highest BCUT2D eigenvalue weighted by molar-refractivity contribution is 5.65. The van der Waals surface area contributed by atoms with Crippen molar-refractivity contribution < 1.29 is 9.53 Å². The van der Waals surface area contributed by atoms with Gasteiger partial charge in [0.05, 0.1) is 6.61 Å². The Bertz CT molecular complexity index is 256. The minimum absolute atomic E-state index is 0. The molecule has 0 spiro atoms. The summed E-state index contributed by atoms with van der Waals surface area (Å²) < 4.78 is 5.04. The number of ether oxygens (including phenoxy) is 1. The minimum atomic E-state index is -0.142. The Labute approximate surface area is 114 Å². The minimum Gasteiger partial charge on any atom is -0.466 e. The maximum absolute atomic E-state index is 10.7. The molecule has 0 saturated heterocycles. The number of carbonyl (C=O) groups is 1. The Hall–Kier alpha value is -0.530. The third-order valence-corrected chi connectivity index (χ3v) is 4.80. The molecule has 3 saturated carbocycles. The molecular weight excluding hydrogens is 224 g/mol. The maximum Gasteiger partial charge on any atom is 0.302 e. The van der Waals surface area contributed by atoms with E-state index in [4.69, 9.17) is 4.74 Å². The van der Waals surface area contributed by atoms with Crippen LogP contribution in [0.4, 0.5) is 0 Å². The lowest BCUT2D eigenvalue weighted by atomic mass is 9.45. The zero-order valence-electron chi connectivity index (χ0n) is 10.1. The fourth-order valence-corrected chi connectivity index (χ4v) is 3.66. The summed E-state index contributed by atoms with van der Waals surface area (Å²) in [4.78, 5) is 10.7. The molecule has 18 heavy (non-hydrogen) atoms. The molecule has 3 rings (SSSR count). The van der Waals surface area contributed by atoms with Crippen LogP contribution in [0, 0.1) is 23.2 Å². The van der Waals surface area contributed by atoms with Gasteiger partial charge in [-0.25, -0.2) is 0 Å². The molecule has 2 nitrogen and oxygen atoms in total. The van der Waals surface area contributed by atoms with E-state index in [1.165, 1.54) is 26.2 Å². The van der Waals surface area contributed by atoms with Gasteiger partial charge in [0, 0.05) is 6.92 Å². The summed E-state index contributed by atoms with van der Waals surface area (Å²) in [6.07, 6.45) is 5.21. The van der Waals surface area contributed by atoms with E-state index in [-0.39, 0.29) is 28.2 Å². The van der Waals surface area contributed by atoms with Crippen LogP contribution in [-0.4, -0.2) is 12.6 Å². The molecule has 3 aliphatic carbocycles. The van der Waals surface area contributed by atoms with Gasteiger partial charge in [0.25, 0.3) is 0 Å². The normalized spacial score (nSPS) is 30.7. The van der Waals surface area contributed by atoms with E-state index in [0.29, 0.717) is 12.0 Å². The van der Waals surface area contributed by atoms with Crippen molar-refractivity contribution in [1.82, 2.24) is 0 Å². The van der Waals surface area contributed by atoms with Crippen molar-refractivity contribution in [3.8, 4) is 0 Å². The topological polar surface area (TPSA) is 26.3 Å². The largest absolute Gasteiger partial charge is 0.466 e. The summed E-state index contributed by atoms with van der Waals surface area (Å²) >= 11 is 0. The monoisotopic (exact) mass is 258 g/mol. The second-order valence-electron chi connectivity index (χ2n) is 5.83. The maximum atomic E-state index is 10.7. The summed E-state index contributed by atoms with van der Waals surface area (Å²) in [5.41, 5.74) is 0.555. The molecule has 110 valence electrons. The highest BCUT2D eigenvalue weighted by atomic mass is 16.5. The second-order valence-corrected chi connectivity index (χ2v) is 5.83. The van der Waals surface area contributed by atoms with Crippen LogP contribution < -0.4 is 0 Å². The molecule has 2 bridgehead atoms. The molecule has 3 aliphatic rings. The summed E-state index contributed by atoms with van der Waals surface area (Å²) in [6, 6.07) is 0. The quantitative estimate of drug-likeness (QED) is 0.672. The van der Waals surface area contributed by atoms with E-state index >= 15 is 0 Å². The van der Waals surface area contributed by atoms with E-state index in [1.54, 1.807) is 0 Å². The smallest absolute Gasteiger partial charge is 0.302 e. The van der Waals surface area contributed by atoms with Gasteiger partial charge in [0.1, 0.15) is 0 Å². The van der Waals surface area contributed by atoms with E-state index in [2.05, 4.69) is 13.8 Å². The van der Waals surface area contributed by atoms with Crippen LogP contribution in [0.25, 0.3) is 0 Å². The van der Waals surface area contributed by atoms with E-state index < -0.39 is 0 Å². The van der Waals surface area contributed by atoms with Gasteiger partial charge >= 0.3 is 5.97 Å². The van der Waals surface area contributed by atoms with Gasteiger partial charge in [0.2, 0.25) is 0 Å². The molecule has 0 aromatic rings. The highest BCUT2D eigenvalue weighted by Gasteiger charge is 2.53. The first-order valence-corrected chi connectivity index (χ1v) is 6.15. The predicted molar refractivity (Wildman–Crippen MR) is 79.5 cm³/mol. The van der Waals surface area contributed by atoms with Gasteiger partial charge in [-0.3, -0.25) is 4.79 Å². The van der Waals surface area contributed by atoms with Gasteiger partial charge in [-0.15, -0.1) is 0 Å². The molecule has 0 unspecified atom stereocenters. The fraction of sp³-hybridized carbons (Fsp3) is 0.938. The lowest BCUT2D eigenvalue weighted by Gasteiger charge is -2.60. The number of esters is 1. The van der Waals surface area contributed by atoms with Crippen LogP contribution in [0.1, 0.15) is 68.7 Å². The van der Waals surface area contributed by atoms with Crippen molar-refractivity contribution in [2.24, 2.45) is 23.2 Å². The molecule has 0 radical (unpaired) electrons. The standard InChI is InChI=1S/C13H22O2.3CH4/c1-9(14)15-7-6-10-4-5-11-8-12(10)13(11,2)3;;;/h10-12H,4-8H2,1-3H3;3*1H4/t10-,11-,12-;;;/m0.../s1. The lowest BCUT2D eigenvalue weighted by molar-refractivity contribution is -0.144. The van der Waals surface area contributed by atoms with Gasteiger partial charge in [-0.1, -0.05) is 36.1 Å². The Balaban J connectivity index is 0. The van der Waals surface area contributed by atoms with Crippen LogP contribution in [-0.2, 0) is 9.53 Å². The SMILES string of the molecule is C.C.C.CC(=O)OCC[C@@H]1CC[C@H]2C[C@@H]1C2(C)C. The van der Waals surface area contributed by atoms with Gasteiger partial charge in [-0.05, 0) is 48.9 Å². The van der Waals surface area contributed by atoms with Crippen molar-refractivity contribution in [2.75, 3.05) is 6.61 Å². The number of hydrogen-bond donors (Lipinski definition) is 0. The molecule has 0 aromatic carbocycles. The van der Waals surface area contributed by atoms with Crippen molar-refractivity contribution in [3.05, 3.63) is 0 Å². The third-order valence-electron chi connectivity index (χ3n) is 4.80. The van der Waals surface area contributed by atoms with E-state index in [0.717, 1.165) is 24.2 Å². The van der Waals surface area contributed by atoms with Crippen LogP contribution >= 0.6 is 0 Å². The van der Waals surface area contributed by atoms with Gasteiger partial charge in [-0.2, -0.15) is 0 Å². The summed E-state index contributed by atoms with van der Waals surface area (Å²) in [5.74, 6) is 2.50. The Morgan fingerprint density at radius 1 is 1.22 bits per heavy atom. The Morgan fingerprint density at radius 3 is 2.28 bits per heavy atom. The van der Waals surface area contributed by atoms with E-state index in [9.17, 15) is 4.79 Å². The lowest BCUT2D eigenvalue weighted by Crippen LogP contribution is -2.52. The molecular formula is C16H34O2. The average Bonchev–Trinajstić information content (AvgIpc) is 2.17. The first kappa shape index (κ1) is 19.8. The number of rotatable bonds is 3. The summed E-state index contributed by atoms with van der Waals surface area (Å²) in [5, 5.41) is 0. The molecule has 0 heterocycles. The second kappa shape index (κ2) is 7.16. The predicted octanol–water partition coefficient (Wildman–Crippen LogP) is 4.92. The van der Waals surface area contributed by atoms with Crippen LogP contribution in [0.3, 0.4) is 0 Å². The van der Waals surface area contributed by atoms with E-state index in [1.807, 2.05) is 0 Å². The molecule has 3 atom stereocenters. The Morgan fingerprint density at radius 2 is 1.83 bits per heavy atom. The summed E-state index contributed by atoms with van der Waals surface area (Å²) in [7, 11) is 0. The number of fused-ring (bicyclic) bond motifs is 2. The van der Waals surface area contributed by atoms with Gasteiger partial charge in [0.15, 0.2) is 0 Å². The van der Waals surface area contributed by atoms with Crippen molar-refractivity contribution in [3.63, 3.8) is 0 Å². The first-order chi connectivity index (χ1) is 7.01. The molecule has 0 amide bonds. The molecule has 2 heteroatoms. The average molecular weight is 258 g/mol. The molecule has 3 fully saturated rings. The first-order valence-electron chi connectivity index (χ1n) is 6.15.